The topological polar surface area (TPSA) is 71.1 Å². The minimum atomic E-state index is -0.122. The molecule has 0 aliphatic carbocycles. The van der Waals surface area contributed by atoms with Crippen molar-refractivity contribution in [2.45, 2.75) is 32.4 Å². The van der Waals surface area contributed by atoms with Crippen LogP contribution >= 0.6 is 0 Å². The van der Waals surface area contributed by atoms with E-state index in [0.29, 0.717) is 5.82 Å². The van der Waals surface area contributed by atoms with Crippen LogP contribution in [0.5, 0.6) is 5.75 Å². The van der Waals surface area contributed by atoms with Gasteiger partial charge in [-0.25, -0.2) is 4.98 Å². The van der Waals surface area contributed by atoms with Crippen LogP contribution in [0.2, 0.25) is 0 Å². The van der Waals surface area contributed by atoms with Crippen LogP contribution in [0.15, 0.2) is 59.7 Å². The third-order valence-corrected chi connectivity index (χ3v) is 4.95. The van der Waals surface area contributed by atoms with E-state index in [1.165, 1.54) is 11.6 Å². The Morgan fingerprint density at radius 3 is 2.79 bits per heavy atom. The highest BCUT2D eigenvalue weighted by Crippen LogP contribution is 2.21. The van der Waals surface area contributed by atoms with Crippen LogP contribution in [0.25, 0.3) is 11.4 Å². The molecule has 6 nitrogen and oxygen atoms in total. The Bertz CT molecular complexity index is 979. The third-order valence-electron chi connectivity index (χ3n) is 4.95. The number of rotatable bonds is 5. The Labute approximate surface area is 164 Å². The first-order valence-corrected chi connectivity index (χ1v) is 9.62. The first kappa shape index (κ1) is 18.4. The molecular formula is C22H24N4O2. The van der Waals surface area contributed by atoms with E-state index in [9.17, 15) is 4.79 Å². The van der Waals surface area contributed by atoms with Gasteiger partial charge in [0.1, 0.15) is 17.7 Å². The van der Waals surface area contributed by atoms with Gasteiger partial charge in [-0.2, -0.15) is 0 Å². The van der Waals surface area contributed by atoms with Crippen molar-refractivity contribution in [2.24, 2.45) is 0 Å². The molecule has 1 aliphatic heterocycles. The maximum absolute atomic E-state index is 11.7. The largest absolute Gasteiger partial charge is 0.489 e. The second-order valence-electron chi connectivity index (χ2n) is 7.22. The van der Waals surface area contributed by atoms with Crippen molar-refractivity contribution in [1.82, 2.24) is 19.9 Å². The molecule has 6 heteroatoms. The predicted octanol–water partition coefficient (Wildman–Crippen LogP) is 3.18. The number of hydrogen-bond acceptors (Lipinski definition) is 5. The fourth-order valence-corrected chi connectivity index (χ4v) is 3.59. The second kappa shape index (κ2) is 8.35. The van der Waals surface area contributed by atoms with E-state index in [1.54, 1.807) is 12.4 Å². The number of H-pyrrole nitrogens is 1. The van der Waals surface area contributed by atoms with Crippen molar-refractivity contribution >= 4 is 0 Å². The van der Waals surface area contributed by atoms with Crippen LogP contribution in [0.4, 0.5) is 0 Å². The number of benzene rings is 1. The molecule has 1 aromatic carbocycles. The predicted molar refractivity (Wildman–Crippen MR) is 108 cm³/mol. The lowest BCUT2D eigenvalue weighted by molar-refractivity contribution is 0.0965. The maximum atomic E-state index is 11.7. The zero-order valence-corrected chi connectivity index (χ0v) is 16.0. The number of ether oxygens (including phenoxy) is 1. The Morgan fingerprint density at radius 1 is 1.18 bits per heavy atom. The summed E-state index contributed by atoms with van der Waals surface area (Å²) in [6.07, 6.45) is 5.77. The van der Waals surface area contributed by atoms with Gasteiger partial charge in [-0.05, 0) is 43.5 Å². The molecule has 1 aliphatic rings. The molecule has 144 valence electrons. The number of aromatic amines is 1. The van der Waals surface area contributed by atoms with Gasteiger partial charge in [-0.1, -0.05) is 18.2 Å². The molecule has 1 saturated heterocycles. The van der Waals surface area contributed by atoms with Gasteiger partial charge in [0.05, 0.1) is 6.20 Å². The van der Waals surface area contributed by atoms with E-state index in [4.69, 9.17) is 4.74 Å². The number of aryl methyl sites for hydroxylation is 1. The van der Waals surface area contributed by atoms with Gasteiger partial charge in [0, 0.05) is 43.2 Å². The zero-order chi connectivity index (χ0) is 19.3. The molecule has 0 atom stereocenters. The first-order valence-electron chi connectivity index (χ1n) is 9.62. The molecule has 0 bridgehead atoms. The summed E-state index contributed by atoms with van der Waals surface area (Å²) in [6.45, 7) is 4.70. The van der Waals surface area contributed by atoms with Crippen LogP contribution in [0, 0.1) is 6.92 Å². The van der Waals surface area contributed by atoms with Gasteiger partial charge in [0.25, 0.3) is 5.56 Å². The average Bonchev–Trinajstić information content (AvgIpc) is 2.70. The Kier molecular flexibility index (Phi) is 5.48. The highest BCUT2D eigenvalue weighted by Gasteiger charge is 2.20. The van der Waals surface area contributed by atoms with Crippen molar-refractivity contribution < 1.29 is 4.74 Å². The molecule has 3 aromatic rings. The lowest BCUT2D eigenvalue weighted by Gasteiger charge is -2.32. The van der Waals surface area contributed by atoms with E-state index >= 15 is 0 Å². The number of aromatic nitrogens is 3. The Hall–Kier alpha value is -2.99. The van der Waals surface area contributed by atoms with Crippen LogP contribution in [0.3, 0.4) is 0 Å². The fourth-order valence-electron chi connectivity index (χ4n) is 3.59. The van der Waals surface area contributed by atoms with Gasteiger partial charge in [0.15, 0.2) is 0 Å². The van der Waals surface area contributed by atoms with E-state index in [1.807, 2.05) is 31.2 Å². The highest BCUT2D eigenvalue weighted by atomic mass is 16.5. The van der Waals surface area contributed by atoms with Crippen molar-refractivity contribution in [3.8, 4) is 17.1 Å². The normalized spacial score (nSPS) is 15.5. The lowest BCUT2D eigenvalue weighted by atomic mass is 10.1. The number of likely N-dealkylation sites (tertiary alicyclic amines) is 1. The molecule has 0 amide bonds. The standard InChI is InChI=1S/C22H24N4O2/c1-16-12-21(27)25-22(24-16)18-5-2-4-17(13-18)15-26-10-7-19(8-11-26)28-20-6-3-9-23-14-20/h2-6,9,12-14,19H,7-8,10-11,15H2,1H3,(H,24,25,27). The van der Waals surface area contributed by atoms with Crippen molar-refractivity contribution in [3.63, 3.8) is 0 Å². The van der Waals surface area contributed by atoms with Crippen molar-refractivity contribution in [2.75, 3.05) is 13.1 Å². The highest BCUT2D eigenvalue weighted by molar-refractivity contribution is 5.55. The van der Waals surface area contributed by atoms with Crippen LogP contribution in [-0.4, -0.2) is 39.0 Å². The summed E-state index contributed by atoms with van der Waals surface area (Å²) in [5.74, 6) is 1.46. The van der Waals surface area contributed by atoms with Crippen LogP contribution < -0.4 is 10.3 Å². The van der Waals surface area contributed by atoms with E-state index in [-0.39, 0.29) is 11.7 Å². The van der Waals surface area contributed by atoms with Crippen LogP contribution in [-0.2, 0) is 6.54 Å². The molecule has 0 radical (unpaired) electrons. The van der Waals surface area contributed by atoms with Crippen LogP contribution in [0.1, 0.15) is 24.1 Å². The number of nitrogens with zero attached hydrogens (tertiary/aromatic N) is 3. The molecule has 3 heterocycles. The Morgan fingerprint density at radius 2 is 2.04 bits per heavy atom. The first-order chi connectivity index (χ1) is 13.7. The molecule has 2 aromatic heterocycles. The van der Waals surface area contributed by atoms with E-state index in [2.05, 4.69) is 32.0 Å². The summed E-state index contributed by atoms with van der Waals surface area (Å²) in [5.41, 5.74) is 2.75. The summed E-state index contributed by atoms with van der Waals surface area (Å²) < 4.78 is 6.02. The third kappa shape index (κ3) is 4.64. The summed E-state index contributed by atoms with van der Waals surface area (Å²) in [4.78, 5) is 25.5. The van der Waals surface area contributed by atoms with Gasteiger partial charge in [-0.3, -0.25) is 14.7 Å². The summed E-state index contributed by atoms with van der Waals surface area (Å²) in [7, 11) is 0. The minimum Gasteiger partial charge on any atom is -0.489 e. The van der Waals surface area contributed by atoms with Gasteiger partial charge < -0.3 is 9.72 Å². The second-order valence-corrected chi connectivity index (χ2v) is 7.22. The summed E-state index contributed by atoms with van der Waals surface area (Å²) in [6, 6.07) is 13.6. The quantitative estimate of drug-likeness (QED) is 0.740. The summed E-state index contributed by atoms with van der Waals surface area (Å²) in [5, 5.41) is 0. The van der Waals surface area contributed by atoms with E-state index < -0.39 is 0 Å². The number of hydrogen-bond donors (Lipinski definition) is 1. The lowest BCUT2D eigenvalue weighted by Crippen LogP contribution is -2.37. The molecule has 1 fully saturated rings. The number of pyridine rings is 1. The molecule has 28 heavy (non-hydrogen) atoms. The number of piperidine rings is 1. The van der Waals surface area contributed by atoms with Gasteiger partial charge in [-0.15, -0.1) is 0 Å². The number of nitrogens with one attached hydrogen (secondary N) is 1. The van der Waals surface area contributed by atoms with Gasteiger partial charge >= 0.3 is 0 Å². The molecule has 0 spiro atoms. The fraction of sp³-hybridized carbons (Fsp3) is 0.318. The molecular weight excluding hydrogens is 352 g/mol. The van der Waals surface area contributed by atoms with Crippen molar-refractivity contribution in [1.29, 1.82) is 0 Å². The summed E-state index contributed by atoms with van der Waals surface area (Å²) >= 11 is 0. The van der Waals surface area contributed by atoms with Gasteiger partial charge in [0.2, 0.25) is 0 Å². The average molecular weight is 376 g/mol. The van der Waals surface area contributed by atoms with Crippen molar-refractivity contribution in [3.05, 3.63) is 76.5 Å². The smallest absolute Gasteiger partial charge is 0.251 e. The molecule has 1 N–H and O–H groups in total. The maximum Gasteiger partial charge on any atom is 0.251 e. The Balaban J connectivity index is 1.37. The monoisotopic (exact) mass is 376 g/mol. The SMILES string of the molecule is Cc1cc(=O)[nH]c(-c2cccc(CN3CCC(Oc4cccnc4)CC3)c2)n1. The minimum absolute atomic E-state index is 0.122. The molecule has 0 unspecified atom stereocenters. The van der Waals surface area contributed by atoms with E-state index in [0.717, 1.165) is 49.5 Å². The zero-order valence-electron chi connectivity index (χ0n) is 16.0. The molecule has 4 rings (SSSR count). The molecule has 0 saturated carbocycles.